The van der Waals surface area contributed by atoms with Gasteiger partial charge in [0.05, 0.1) is 6.54 Å². The SMILES string of the molecule is Cc1ccccc1NC(=O)CNC(=O)CC1CN(C)CCN1C.O=C(O)C(F)(F)F.O=C(O)C(F)(F)F. The number of hydrogen-bond donors (Lipinski definition) is 4. The molecular formula is C21H28F6N4O6. The Morgan fingerprint density at radius 1 is 0.919 bits per heavy atom. The number of carbonyl (C=O) groups excluding carboxylic acids is 2. The van der Waals surface area contributed by atoms with Crippen molar-refractivity contribution in [3.8, 4) is 0 Å². The zero-order valence-corrected chi connectivity index (χ0v) is 20.1. The molecular weight excluding hydrogens is 518 g/mol. The lowest BCUT2D eigenvalue weighted by atomic mass is 10.1. The number of likely N-dealkylation sites (N-methyl/N-ethyl adjacent to an activating group) is 2. The number of carboxylic acids is 2. The molecule has 1 unspecified atom stereocenters. The van der Waals surface area contributed by atoms with E-state index in [4.69, 9.17) is 19.8 Å². The quantitative estimate of drug-likeness (QED) is 0.411. The van der Waals surface area contributed by atoms with E-state index in [1.54, 1.807) is 0 Å². The number of carbonyl (C=O) groups is 4. The van der Waals surface area contributed by atoms with Crippen LogP contribution in [0, 0.1) is 6.92 Å². The van der Waals surface area contributed by atoms with Crippen LogP contribution in [0.4, 0.5) is 32.0 Å². The number of alkyl halides is 6. The van der Waals surface area contributed by atoms with Crippen molar-refractivity contribution in [1.82, 2.24) is 15.1 Å². The predicted octanol–water partition coefficient (Wildman–Crippen LogP) is 1.95. The van der Waals surface area contributed by atoms with Gasteiger partial charge in [0.15, 0.2) is 0 Å². The lowest BCUT2D eigenvalue weighted by molar-refractivity contribution is -0.193. The van der Waals surface area contributed by atoms with Gasteiger partial charge in [-0.05, 0) is 32.6 Å². The summed E-state index contributed by atoms with van der Waals surface area (Å²) in [7, 11) is 4.10. The minimum Gasteiger partial charge on any atom is -0.475 e. The van der Waals surface area contributed by atoms with Crippen LogP contribution in [-0.2, 0) is 19.2 Å². The minimum atomic E-state index is -5.08. The maximum atomic E-state index is 12.1. The number of nitrogens with one attached hydrogen (secondary N) is 2. The first-order chi connectivity index (χ1) is 16.8. The Morgan fingerprint density at radius 2 is 1.41 bits per heavy atom. The summed E-state index contributed by atoms with van der Waals surface area (Å²) in [6, 6.07) is 7.78. The van der Waals surface area contributed by atoms with Gasteiger partial charge in [0.25, 0.3) is 0 Å². The van der Waals surface area contributed by atoms with Crippen LogP contribution in [0.2, 0.25) is 0 Å². The molecule has 37 heavy (non-hydrogen) atoms. The van der Waals surface area contributed by atoms with E-state index >= 15 is 0 Å². The van der Waals surface area contributed by atoms with Crippen molar-refractivity contribution in [3.05, 3.63) is 29.8 Å². The fourth-order valence-electron chi connectivity index (χ4n) is 2.69. The molecule has 1 heterocycles. The number of halogens is 6. The van der Waals surface area contributed by atoms with Gasteiger partial charge in [0.2, 0.25) is 11.8 Å². The smallest absolute Gasteiger partial charge is 0.475 e. The number of amides is 2. The van der Waals surface area contributed by atoms with E-state index < -0.39 is 24.3 Å². The number of aryl methyl sites for hydroxylation is 1. The highest BCUT2D eigenvalue weighted by molar-refractivity contribution is 5.95. The van der Waals surface area contributed by atoms with Gasteiger partial charge in [-0.2, -0.15) is 26.3 Å². The van der Waals surface area contributed by atoms with E-state index in [0.29, 0.717) is 6.42 Å². The summed E-state index contributed by atoms with van der Waals surface area (Å²) in [5.41, 5.74) is 1.78. The topological polar surface area (TPSA) is 139 Å². The Morgan fingerprint density at radius 3 is 1.86 bits per heavy atom. The third-order valence-electron chi connectivity index (χ3n) is 4.75. The van der Waals surface area contributed by atoms with Crippen molar-refractivity contribution in [1.29, 1.82) is 0 Å². The standard InChI is InChI=1S/C17H26N4O2.2C2HF3O2/c1-13-6-4-5-7-15(13)19-17(23)11-18-16(22)10-14-12-20(2)8-9-21(14)3;2*3-2(4,5)1(6)7/h4-7,14H,8-12H2,1-3H3,(H,18,22)(H,19,23);2*(H,6,7). The van der Waals surface area contributed by atoms with Crippen LogP contribution >= 0.6 is 0 Å². The summed E-state index contributed by atoms with van der Waals surface area (Å²) < 4.78 is 63.5. The molecule has 0 spiro atoms. The number of nitrogens with zero attached hydrogens (tertiary/aromatic N) is 2. The lowest BCUT2D eigenvalue weighted by Gasteiger charge is -2.37. The summed E-state index contributed by atoms with van der Waals surface area (Å²) in [6.07, 6.45) is -9.75. The van der Waals surface area contributed by atoms with Gasteiger partial charge in [-0.1, -0.05) is 18.2 Å². The van der Waals surface area contributed by atoms with E-state index in [1.165, 1.54) is 0 Å². The van der Waals surface area contributed by atoms with Gasteiger partial charge in [-0.25, -0.2) is 9.59 Å². The van der Waals surface area contributed by atoms with Gasteiger partial charge < -0.3 is 30.6 Å². The first-order valence-corrected chi connectivity index (χ1v) is 10.5. The third-order valence-corrected chi connectivity index (χ3v) is 4.75. The molecule has 1 atom stereocenters. The fourth-order valence-corrected chi connectivity index (χ4v) is 2.69. The van der Waals surface area contributed by atoms with E-state index in [1.807, 2.05) is 38.2 Å². The second-order valence-electron chi connectivity index (χ2n) is 7.85. The van der Waals surface area contributed by atoms with Gasteiger partial charge in [0.1, 0.15) is 0 Å². The first-order valence-electron chi connectivity index (χ1n) is 10.5. The maximum absolute atomic E-state index is 12.1. The highest BCUT2D eigenvalue weighted by atomic mass is 19.4. The largest absolute Gasteiger partial charge is 0.490 e. The Balaban J connectivity index is 0.000000761. The lowest BCUT2D eigenvalue weighted by Crippen LogP contribution is -2.51. The van der Waals surface area contributed by atoms with E-state index in [9.17, 15) is 35.9 Å². The molecule has 1 aliphatic heterocycles. The van der Waals surface area contributed by atoms with Gasteiger partial charge >= 0.3 is 24.3 Å². The van der Waals surface area contributed by atoms with Crippen LogP contribution in [0.25, 0.3) is 0 Å². The second kappa shape index (κ2) is 15.0. The van der Waals surface area contributed by atoms with Crippen LogP contribution in [0.3, 0.4) is 0 Å². The van der Waals surface area contributed by atoms with Crippen LogP contribution in [-0.4, -0.2) is 102 Å². The number of anilines is 1. The monoisotopic (exact) mass is 546 g/mol. The van der Waals surface area contributed by atoms with Crippen LogP contribution in [0.15, 0.2) is 24.3 Å². The van der Waals surface area contributed by atoms with Crippen molar-refractivity contribution in [2.24, 2.45) is 0 Å². The number of piperazine rings is 1. The summed E-state index contributed by atoms with van der Waals surface area (Å²) in [6.45, 7) is 4.79. The molecule has 10 nitrogen and oxygen atoms in total. The van der Waals surface area contributed by atoms with E-state index in [-0.39, 0.29) is 24.4 Å². The zero-order chi connectivity index (χ0) is 29.0. The Bertz CT molecular complexity index is 902. The van der Waals surface area contributed by atoms with E-state index in [2.05, 4.69) is 27.5 Å². The van der Waals surface area contributed by atoms with Crippen molar-refractivity contribution >= 4 is 29.4 Å². The van der Waals surface area contributed by atoms with Gasteiger partial charge in [0, 0.05) is 37.8 Å². The number of benzene rings is 1. The molecule has 2 amide bonds. The van der Waals surface area contributed by atoms with Crippen molar-refractivity contribution in [3.63, 3.8) is 0 Å². The highest BCUT2D eigenvalue weighted by Crippen LogP contribution is 2.14. The van der Waals surface area contributed by atoms with Crippen LogP contribution in [0.1, 0.15) is 12.0 Å². The molecule has 0 radical (unpaired) electrons. The molecule has 1 aromatic rings. The first kappa shape index (κ1) is 33.6. The summed E-state index contributed by atoms with van der Waals surface area (Å²) >= 11 is 0. The molecule has 1 saturated heterocycles. The number of carboxylic acid groups (broad SMARTS) is 2. The average molecular weight is 546 g/mol. The van der Waals surface area contributed by atoms with Crippen LogP contribution < -0.4 is 10.6 Å². The predicted molar refractivity (Wildman–Crippen MR) is 119 cm³/mol. The Hall–Kier alpha value is -3.40. The summed E-state index contributed by atoms with van der Waals surface area (Å²) in [4.78, 5) is 46.2. The number of hydrogen-bond acceptors (Lipinski definition) is 6. The van der Waals surface area contributed by atoms with Crippen molar-refractivity contribution < 1.29 is 55.7 Å². The molecule has 1 aliphatic rings. The normalized spacial score (nSPS) is 16.3. The van der Waals surface area contributed by atoms with Crippen molar-refractivity contribution in [2.75, 3.05) is 45.6 Å². The van der Waals surface area contributed by atoms with E-state index in [0.717, 1.165) is 30.9 Å². The van der Waals surface area contributed by atoms with Crippen molar-refractivity contribution in [2.45, 2.75) is 31.7 Å². The highest BCUT2D eigenvalue weighted by Gasteiger charge is 2.38. The number of rotatable bonds is 5. The molecule has 1 aromatic carbocycles. The number of aliphatic carboxylic acids is 2. The van der Waals surface area contributed by atoms with Crippen LogP contribution in [0.5, 0.6) is 0 Å². The fraction of sp³-hybridized carbons (Fsp3) is 0.524. The molecule has 0 saturated carbocycles. The molecule has 0 bridgehead atoms. The Labute approximate surface area is 208 Å². The zero-order valence-electron chi connectivity index (χ0n) is 20.1. The molecule has 4 N–H and O–H groups in total. The molecule has 0 aliphatic carbocycles. The number of para-hydroxylation sites is 1. The third kappa shape index (κ3) is 14.7. The molecule has 2 rings (SSSR count). The molecule has 16 heteroatoms. The molecule has 0 aromatic heterocycles. The Kier molecular flexibility index (Phi) is 13.6. The average Bonchev–Trinajstić information content (AvgIpc) is 2.76. The second-order valence-corrected chi connectivity index (χ2v) is 7.85. The van der Waals surface area contributed by atoms with Gasteiger partial charge in [-0.3, -0.25) is 9.59 Å². The summed E-state index contributed by atoms with van der Waals surface area (Å²) in [5, 5.41) is 19.8. The molecule has 210 valence electrons. The van der Waals surface area contributed by atoms with Gasteiger partial charge in [-0.15, -0.1) is 0 Å². The maximum Gasteiger partial charge on any atom is 0.490 e. The molecule has 1 fully saturated rings. The minimum absolute atomic E-state index is 0.000554. The summed E-state index contributed by atoms with van der Waals surface area (Å²) in [5.74, 6) is -5.81.